The molecule has 0 bridgehead atoms. The van der Waals surface area contributed by atoms with Crippen LogP contribution in [0.2, 0.25) is 0 Å². The summed E-state index contributed by atoms with van der Waals surface area (Å²) in [4.78, 5) is 7.08. The van der Waals surface area contributed by atoms with Gasteiger partial charge in [0.05, 0.1) is 44.4 Å². The fraction of sp³-hybridized carbons (Fsp3) is 0.438. The number of methoxy groups -OCH3 is 1. The molecule has 2 heterocycles. The lowest BCUT2D eigenvalue weighted by Gasteiger charge is -2.26. The molecule has 1 aliphatic heterocycles. The Kier molecular flexibility index (Phi) is 4.09. The van der Waals surface area contributed by atoms with E-state index in [0.29, 0.717) is 6.54 Å². The fourth-order valence-electron chi connectivity index (χ4n) is 2.63. The van der Waals surface area contributed by atoms with Gasteiger partial charge >= 0.3 is 0 Å². The summed E-state index contributed by atoms with van der Waals surface area (Å²) < 4.78 is 12.8. The second kappa shape index (κ2) is 6.17. The van der Waals surface area contributed by atoms with Crippen LogP contribution in [0.3, 0.4) is 0 Å². The molecule has 0 aliphatic carbocycles. The van der Waals surface area contributed by atoms with Crippen molar-refractivity contribution in [2.45, 2.75) is 13.1 Å². The lowest BCUT2D eigenvalue weighted by molar-refractivity contribution is 0.0327. The summed E-state index contributed by atoms with van der Waals surface area (Å²) in [5.74, 6) is 4.53. The van der Waals surface area contributed by atoms with Crippen molar-refractivity contribution < 1.29 is 9.47 Å². The van der Waals surface area contributed by atoms with Crippen molar-refractivity contribution >= 4 is 11.0 Å². The van der Waals surface area contributed by atoms with E-state index in [9.17, 15) is 0 Å². The van der Waals surface area contributed by atoms with Gasteiger partial charge in [0.15, 0.2) is 0 Å². The quantitative estimate of drug-likeness (QED) is 0.798. The van der Waals surface area contributed by atoms with Crippen LogP contribution in [0.1, 0.15) is 5.82 Å². The third-order valence-electron chi connectivity index (χ3n) is 3.75. The summed E-state index contributed by atoms with van der Waals surface area (Å²) in [5.41, 5.74) is 1.98. The van der Waals surface area contributed by atoms with E-state index in [4.69, 9.17) is 20.9 Å². The van der Waals surface area contributed by atoms with E-state index in [0.717, 1.165) is 55.5 Å². The minimum absolute atomic E-state index is 0.530. The molecule has 3 rings (SSSR count). The molecule has 1 aromatic carbocycles. The highest BCUT2D eigenvalue weighted by atomic mass is 16.5. The lowest BCUT2D eigenvalue weighted by Crippen LogP contribution is -2.36. The number of rotatable bonds is 4. The van der Waals surface area contributed by atoms with Gasteiger partial charge in [-0.2, -0.15) is 0 Å². The Morgan fingerprint density at radius 1 is 1.38 bits per heavy atom. The molecule has 0 saturated carbocycles. The van der Waals surface area contributed by atoms with Gasteiger partial charge < -0.3 is 14.0 Å². The van der Waals surface area contributed by atoms with E-state index < -0.39 is 0 Å². The molecule has 2 aromatic rings. The number of benzene rings is 1. The normalized spacial score (nSPS) is 16.0. The van der Waals surface area contributed by atoms with Crippen LogP contribution < -0.4 is 4.74 Å². The van der Waals surface area contributed by atoms with E-state index in [1.165, 1.54) is 0 Å². The second-order valence-corrected chi connectivity index (χ2v) is 5.06. The minimum atomic E-state index is 0.530. The zero-order valence-electron chi connectivity index (χ0n) is 12.2. The SMILES string of the molecule is C#CCn1c(CN2CCOCC2)nc2cc(OC)ccc21. The number of fused-ring (bicyclic) bond motifs is 1. The Morgan fingerprint density at radius 2 is 2.19 bits per heavy atom. The molecular weight excluding hydrogens is 266 g/mol. The molecule has 5 heteroatoms. The largest absolute Gasteiger partial charge is 0.497 e. The number of hydrogen-bond acceptors (Lipinski definition) is 4. The summed E-state index contributed by atoms with van der Waals surface area (Å²) in [6.45, 7) is 4.75. The van der Waals surface area contributed by atoms with Crippen molar-refractivity contribution in [2.24, 2.45) is 0 Å². The first kappa shape index (κ1) is 13.9. The summed E-state index contributed by atoms with van der Waals surface area (Å²) in [5, 5.41) is 0. The summed E-state index contributed by atoms with van der Waals surface area (Å²) in [6, 6.07) is 5.90. The fourth-order valence-corrected chi connectivity index (χ4v) is 2.63. The van der Waals surface area contributed by atoms with Gasteiger partial charge in [0.2, 0.25) is 0 Å². The molecule has 21 heavy (non-hydrogen) atoms. The minimum Gasteiger partial charge on any atom is -0.497 e. The third kappa shape index (κ3) is 2.87. The van der Waals surface area contributed by atoms with Crippen molar-refractivity contribution in [2.75, 3.05) is 33.4 Å². The maximum Gasteiger partial charge on any atom is 0.124 e. The number of morpholine rings is 1. The Balaban J connectivity index is 1.95. The van der Waals surface area contributed by atoms with E-state index in [1.54, 1.807) is 7.11 Å². The number of terminal acetylenes is 1. The van der Waals surface area contributed by atoms with Crippen LogP contribution in [0, 0.1) is 12.3 Å². The number of ether oxygens (including phenoxy) is 2. The van der Waals surface area contributed by atoms with Crippen molar-refractivity contribution in [3.8, 4) is 18.1 Å². The molecule has 0 atom stereocenters. The monoisotopic (exact) mass is 285 g/mol. The third-order valence-corrected chi connectivity index (χ3v) is 3.75. The van der Waals surface area contributed by atoms with Crippen molar-refractivity contribution in [1.82, 2.24) is 14.5 Å². The smallest absolute Gasteiger partial charge is 0.124 e. The molecule has 0 amide bonds. The van der Waals surface area contributed by atoms with Crippen molar-refractivity contribution in [3.05, 3.63) is 24.0 Å². The van der Waals surface area contributed by atoms with Gasteiger partial charge in [0.25, 0.3) is 0 Å². The van der Waals surface area contributed by atoms with E-state index in [2.05, 4.69) is 15.4 Å². The van der Waals surface area contributed by atoms with Crippen LogP contribution in [-0.4, -0.2) is 47.9 Å². The highest BCUT2D eigenvalue weighted by Crippen LogP contribution is 2.22. The molecule has 110 valence electrons. The second-order valence-electron chi connectivity index (χ2n) is 5.06. The first-order valence-corrected chi connectivity index (χ1v) is 7.08. The van der Waals surface area contributed by atoms with Gasteiger partial charge in [0.1, 0.15) is 11.6 Å². The molecular formula is C16H19N3O2. The molecule has 1 aromatic heterocycles. The first-order valence-electron chi connectivity index (χ1n) is 7.08. The van der Waals surface area contributed by atoms with Crippen LogP contribution in [-0.2, 0) is 17.8 Å². The van der Waals surface area contributed by atoms with Crippen molar-refractivity contribution in [3.63, 3.8) is 0 Å². The van der Waals surface area contributed by atoms with Crippen molar-refractivity contribution in [1.29, 1.82) is 0 Å². The number of hydrogen-bond donors (Lipinski definition) is 0. The topological polar surface area (TPSA) is 39.5 Å². The van der Waals surface area contributed by atoms with E-state index in [1.807, 2.05) is 18.2 Å². The highest BCUT2D eigenvalue weighted by Gasteiger charge is 2.16. The Morgan fingerprint density at radius 3 is 2.90 bits per heavy atom. The lowest BCUT2D eigenvalue weighted by atomic mass is 10.3. The predicted octanol–water partition coefficient (Wildman–Crippen LogP) is 1.51. The van der Waals surface area contributed by atoms with Gasteiger partial charge in [0, 0.05) is 19.2 Å². The van der Waals surface area contributed by atoms with Gasteiger partial charge in [-0.3, -0.25) is 4.90 Å². The maximum atomic E-state index is 5.51. The van der Waals surface area contributed by atoms with E-state index in [-0.39, 0.29) is 0 Å². The van der Waals surface area contributed by atoms with Gasteiger partial charge in [-0.1, -0.05) is 5.92 Å². The molecule has 0 radical (unpaired) electrons. The van der Waals surface area contributed by atoms with Crippen LogP contribution in [0.15, 0.2) is 18.2 Å². The zero-order valence-corrected chi connectivity index (χ0v) is 12.2. The van der Waals surface area contributed by atoms with E-state index >= 15 is 0 Å². The average molecular weight is 285 g/mol. The standard InChI is InChI=1S/C16H19N3O2/c1-3-6-19-15-5-4-13(20-2)11-14(15)17-16(19)12-18-7-9-21-10-8-18/h1,4-5,11H,6-10,12H2,2H3. The highest BCUT2D eigenvalue weighted by molar-refractivity contribution is 5.78. The van der Waals surface area contributed by atoms with Crippen LogP contribution in [0.5, 0.6) is 5.75 Å². The van der Waals surface area contributed by atoms with Gasteiger partial charge in [-0.05, 0) is 12.1 Å². The Hall–Kier alpha value is -2.03. The molecule has 1 aliphatic rings. The molecule has 1 fully saturated rings. The van der Waals surface area contributed by atoms with Crippen LogP contribution >= 0.6 is 0 Å². The summed E-state index contributed by atoms with van der Waals surface area (Å²) in [6.07, 6.45) is 5.51. The van der Waals surface area contributed by atoms with Crippen LogP contribution in [0.4, 0.5) is 0 Å². The summed E-state index contributed by atoms with van der Waals surface area (Å²) >= 11 is 0. The molecule has 0 unspecified atom stereocenters. The zero-order chi connectivity index (χ0) is 14.7. The maximum absolute atomic E-state index is 5.51. The van der Waals surface area contributed by atoms with Crippen LogP contribution in [0.25, 0.3) is 11.0 Å². The number of aromatic nitrogens is 2. The molecule has 1 saturated heterocycles. The molecule has 5 nitrogen and oxygen atoms in total. The molecule has 0 N–H and O–H groups in total. The number of imidazole rings is 1. The predicted molar refractivity (Wildman–Crippen MR) is 81.2 cm³/mol. The molecule has 0 spiro atoms. The summed E-state index contributed by atoms with van der Waals surface area (Å²) in [7, 11) is 1.66. The first-order chi connectivity index (χ1) is 10.3. The number of nitrogens with zero attached hydrogens (tertiary/aromatic N) is 3. The van der Waals surface area contributed by atoms with Gasteiger partial charge in [-0.25, -0.2) is 4.98 Å². The Bertz CT molecular complexity index is 666. The van der Waals surface area contributed by atoms with Gasteiger partial charge in [-0.15, -0.1) is 6.42 Å². The average Bonchev–Trinajstić information content (AvgIpc) is 2.85. The Labute approximate surface area is 124 Å².